The molecule has 1 rings (SSSR count). The number of para-hydroxylation sites is 2. The number of ether oxygens (including phenoxy) is 2. The maximum absolute atomic E-state index is 9.50. The zero-order chi connectivity index (χ0) is 11.8. The van der Waals surface area contributed by atoms with E-state index < -0.39 is 6.10 Å². The van der Waals surface area contributed by atoms with Crippen LogP contribution < -0.4 is 15.0 Å². The van der Waals surface area contributed by atoms with Crippen molar-refractivity contribution in [2.75, 3.05) is 27.4 Å². The van der Waals surface area contributed by atoms with Crippen molar-refractivity contribution < 1.29 is 19.4 Å². The highest BCUT2D eigenvalue weighted by molar-refractivity contribution is 5.39. The van der Waals surface area contributed by atoms with Gasteiger partial charge >= 0.3 is 0 Å². The summed E-state index contributed by atoms with van der Waals surface area (Å²) in [7, 11) is 3.07. The van der Waals surface area contributed by atoms with Gasteiger partial charge in [-0.25, -0.2) is 5.48 Å². The van der Waals surface area contributed by atoms with Gasteiger partial charge < -0.3 is 19.4 Å². The summed E-state index contributed by atoms with van der Waals surface area (Å²) in [6.45, 7) is 0.488. The first-order valence-corrected chi connectivity index (χ1v) is 4.97. The number of rotatable bonds is 7. The van der Waals surface area contributed by atoms with E-state index in [1.54, 1.807) is 19.2 Å². The first-order chi connectivity index (χ1) is 7.77. The predicted octanol–water partition coefficient (Wildman–Crippen LogP) is 0.586. The Morgan fingerprint density at radius 2 is 1.94 bits per heavy atom. The zero-order valence-electron chi connectivity index (χ0n) is 9.47. The molecule has 0 saturated heterocycles. The molecule has 0 bridgehead atoms. The molecule has 0 saturated carbocycles. The van der Waals surface area contributed by atoms with Crippen molar-refractivity contribution in [1.29, 1.82) is 0 Å². The Labute approximate surface area is 94.9 Å². The molecule has 0 heterocycles. The van der Waals surface area contributed by atoms with Crippen LogP contribution in [0, 0.1) is 0 Å². The monoisotopic (exact) mass is 227 g/mol. The van der Waals surface area contributed by atoms with E-state index >= 15 is 0 Å². The van der Waals surface area contributed by atoms with Gasteiger partial charge in [0.2, 0.25) is 0 Å². The molecule has 0 fully saturated rings. The molecule has 0 aromatic heterocycles. The highest BCUT2D eigenvalue weighted by Crippen LogP contribution is 2.25. The minimum absolute atomic E-state index is 0.177. The molecule has 16 heavy (non-hydrogen) atoms. The van der Waals surface area contributed by atoms with Crippen molar-refractivity contribution in [2.45, 2.75) is 6.10 Å². The molecule has 0 aliphatic heterocycles. The fourth-order valence-electron chi connectivity index (χ4n) is 1.16. The van der Waals surface area contributed by atoms with Gasteiger partial charge in [0, 0.05) is 0 Å². The molecule has 5 nitrogen and oxygen atoms in total. The first-order valence-electron chi connectivity index (χ1n) is 4.97. The number of aliphatic hydroxyl groups excluding tert-OH is 1. The van der Waals surface area contributed by atoms with Crippen LogP contribution in [0.4, 0.5) is 0 Å². The lowest BCUT2D eigenvalue weighted by Crippen LogP contribution is -2.30. The van der Waals surface area contributed by atoms with Gasteiger partial charge in [0.1, 0.15) is 12.7 Å². The van der Waals surface area contributed by atoms with Crippen LogP contribution in [0.2, 0.25) is 0 Å². The van der Waals surface area contributed by atoms with E-state index in [9.17, 15) is 5.11 Å². The smallest absolute Gasteiger partial charge is 0.161 e. The van der Waals surface area contributed by atoms with E-state index in [2.05, 4.69) is 10.3 Å². The van der Waals surface area contributed by atoms with Crippen LogP contribution in [0.3, 0.4) is 0 Å². The normalized spacial score (nSPS) is 12.2. The Kier molecular flexibility index (Phi) is 5.63. The third-order valence-electron chi connectivity index (χ3n) is 1.96. The number of benzene rings is 1. The Balaban J connectivity index is 2.41. The summed E-state index contributed by atoms with van der Waals surface area (Å²) in [5, 5.41) is 9.50. The molecule has 0 aliphatic carbocycles. The fraction of sp³-hybridized carbons (Fsp3) is 0.455. The molecule has 1 aromatic rings. The highest BCUT2D eigenvalue weighted by atomic mass is 16.6. The molecule has 0 amide bonds. The molecule has 1 aromatic carbocycles. The van der Waals surface area contributed by atoms with Crippen molar-refractivity contribution in [3.63, 3.8) is 0 Å². The van der Waals surface area contributed by atoms with E-state index in [0.29, 0.717) is 18.0 Å². The molecule has 1 atom stereocenters. The number of aliphatic hydroxyl groups is 1. The van der Waals surface area contributed by atoms with Gasteiger partial charge in [0.15, 0.2) is 11.5 Å². The van der Waals surface area contributed by atoms with Crippen molar-refractivity contribution in [3.8, 4) is 11.5 Å². The minimum atomic E-state index is -0.634. The third kappa shape index (κ3) is 4.06. The second-order valence-electron chi connectivity index (χ2n) is 3.17. The lowest BCUT2D eigenvalue weighted by molar-refractivity contribution is 0.0318. The topological polar surface area (TPSA) is 60.0 Å². The van der Waals surface area contributed by atoms with E-state index in [1.165, 1.54) is 7.11 Å². The van der Waals surface area contributed by atoms with Gasteiger partial charge in [-0.1, -0.05) is 12.1 Å². The van der Waals surface area contributed by atoms with Gasteiger partial charge in [-0.3, -0.25) is 0 Å². The molecule has 0 aliphatic rings. The number of hydrogen-bond donors (Lipinski definition) is 2. The zero-order valence-corrected chi connectivity index (χ0v) is 9.47. The van der Waals surface area contributed by atoms with Gasteiger partial charge in [0.05, 0.1) is 20.8 Å². The van der Waals surface area contributed by atoms with E-state index in [-0.39, 0.29) is 6.61 Å². The average Bonchev–Trinajstić information content (AvgIpc) is 2.34. The summed E-state index contributed by atoms with van der Waals surface area (Å²) in [4.78, 5) is 4.62. The third-order valence-corrected chi connectivity index (χ3v) is 1.96. The summed E-state index contributed by atoms with van der Waals surface area (Å²) < 4.78 is 10.5. The Morgan fingerprint density at radius 1 is 1.25 bits per heavy atom. The summed E-state index contributed by atoms with van der Waals surface area (Å²) in [5.74, 6) is 1.26. The Morgan fingerprint density at radius 3 is 2.56 bits per heavy atom. The predicted molar refractivity (Wildman–Crippen MR) is 59.5 cm³/mol. The minimum Gasteiger partial charge on any atom is -0.493 e. The number of nitrogens with one attached hydrogen (secondary N) is 1. The van der Waals surface area contributed by atoms with Crippen LogP contribution in [0.15, 0.2) is 24.3 Å². The van der Waals surface area contributed by atoms with Crippen molar-refractivity contribution in [1.82, 2.24) is 5.48 Å². The largest absolute Gasteiger partial charge is 0.493 e. The van der Waals surface area contributed by atoms with Gasteiger partial charge in [-0.05, 0) is 12.1 Å². The molecule has 2 N–H and O–H groups in total. The lowest BCUT2D eigenvalue weighted by atomic mass is 10.3. The summed E-state index contributed by atoms with van der Waals surface area (Å²) in [6.07, 6.45) is -0.634. The molecule has 0 radical (unpaired) electrons. The lowest BCUT2D eigenvalue weighted by Gasteiger charge is -2.14. The van der Waals surface area contributed by atoms with Crippen LogP contribution in [-0.2, 0) is 4.84 Å². The fourth-order valence-corrected chi connectivity index (χ4v) is 1.16. The molecule has 0 spiro atoms. The van der Waals surface area contributed by atoms with Crippen molar-refractivity contribution >= 4 is 0 Å². The number of hydroxylamine groups is 1. The second kappa shape index (κ2) is 7.05. The second-order valence-corrected chi connectivity index (χ2v) is 3.17. The van der Waals surface area contributed by atoms with Gasteiger partial charge in [-0.2, -0.15) is 0 Å². The van der Waals surface area contributed by atoms with Crippen LogP contribution in [0.1, 0.15) is 0 Å². The summed E-state index contributed by atoms with van der Waals surface area (Å²) in [5.41, 5.74) is 2.55. The van der Waals surface area contributed by atoms with Crippen molar-refractivity contribution in [3.05, 3.63) is 24.3 Å². The number of hydrogen-bond acceptors (Lipinski definition) is 5. The first kappa shape index (κ1) is 12.8. The van der Waals surface area contributed by atoms with Crippen LogP contribution in [0.25, 0.3) is 0 Å². The van der Waals surface area contributed by atoms with Crippen LogP contribution >= 0.6 is 0 Å². The Bertz CT molecular complexity index is 306. The van der Waals surface area contributed by atoms with Crippen LogP contribution in [-0.4, -0.2) is 38.6 Å². The maximum Gasteiger partial charge on any atom is 0.161 e. The molecular formula is C11H17NO4. The molecular weight excluding hydrogens is 210 g/mol. The van der Waals surface area contributed by atoms with Gasteiger partial charge in [-0.15, -0.1) is 0 Å². The summed E-state index contributed by atoms with van der Waals surface area (Å²) in [6, 6.07) is 7.29. The Hall–Kier alpha value is -1.30. The standard InChI is InChI=1S/C11H17NO4/c1-14-10-5-3-4-6-11(10)16-8-9(13)7-12-15-2/h3-6,9,12-13H,7-8H2,1-2H3. The number of methoxy groups -OCH3 is 1. The molecule has 5 heteroatoms. The van der Waals surface area contributed by atoms with Crippen molar-refractivity contribution in [2.24, 2.45) is 0 Å². The molecule has 90 valence electrons. The van der Waals surface area contributed by atoms with E-state index in [1.807, 2.05) is 12.1 Å². The maximum atomic E-state index is 9.50. The van der Waals surface area contributed by atoms with E-state index in [0.717, 1.165) is 0 Å². The highest BCUT2D eigenvalue weighted by Gasteiger charge is 2.07. The SMILES string of the molecule is CONCC(O)COc1ccccc1OC. The quantitative estimate of drug-likeness (QED) is 0.667. The van der Waals surface area contributed by atoms with Gasteiger partial charge in [0.25, 0.3) is 0 Å². The van der Waals surface area contributed by atoms with E-state index in [4.69, 9.17) is 9.47 Å². The average molecular weight is 227 g/mol. The van der Waals surface area contributed by atoms with Crippen LogP contribution in [0.5, 0.6) is 11.5 Å². The summed E-state index contributed by atoms with van der Waals surface area (Å²) >= 11 is 0. The molecule has 1 unspecified atom stereocenters.